The fraction of sp³-hybridized carbons (Fsp3) is 0.773. The lowest BCUT2D eigenvalue weighted by molar-refractivity contribution is -0.149. The van der Waals surface area contributed by atoms with Crippen LogP contribution in [0.5, 0.6) is 0 Å². The van der Waals surface area contributed by atoms with Crippen LogP contribution < -0.4 is 10.6 Å². The highest BCUT2D eigenvalue weighted by molar-refractivity contribution is 7.11. The smallest absolute Gasteiger partial charge is 0.317 e. The zero-order chi connectivity index (χ0) is 20.9. The molecule has 3 heterocycles. The molecular weight excluding hydrogens is 436 g/mol. The zero-order valence-electron chi connectivity index (χ0n) is 18.4. The van der Waals surface area contributed by atoms with E-state index in [9.17, 15) is 9.59 Å². The summed E-state index contributed by atoms with van der Waals surface area (Å²) in [7, 11) is 0. The number of hydrogen-bond donors (Lipinski definition) is 2. The Bertz CT molecular complexity index is 720. The summed E-state index contributed by atoms with van der Waals surface area (Å²) in [4.78, 5) is 33.0. The van der Waals surface area contributed by atoms with Crippen molar-refractivity contribution in [1.82, 2.24) is 20.5 Å². The number of carbonyl (C=O) groups excluding carboxylic acids is 2. The topological polar surface area (TPSA) is 83.6 Å². The second kappa shape index (κ2) is 11.5. The molecule has 1 aromatic rings. The Morgan fingerprint density at radius 2 is 1.84 bits per heavy atom. The Balaban J connectivity index is 0.00000272. The molecule has 0 unspecified atom stereocenters. The van der Waals surface area contributed by atoms with Crippen molar-refractivity contribution in [3.05, 3.63) is 15.6 Å². The van der Waals surface area contributed by atoms with Gasteiger partial charge in [-0.3, -0.25) is 4.79 Å². The number of piperidine rings is 1. The maximum Gasteiger partial charge on any atom is 0.317 e. The number of thiazole rings is 1. The number of aromatic nitrogens is 1. The second-order valence-electron chi connectivity index (χ2n) is 8.68. The van der Waals surface area contributed by atoms with E-state index < -0.39 is 0 Å². The third-order valence-corrected chi connectivity index (χ3v) is 7.99. The van der Waals surface area contributed by atoms with E-state index in [1.165, 1.54) is 15.6 Å². The first kappa shape index (κ1) is 24.3. The van der Waals surface area contributed by atoms with E-state index in [2.05, 4.69) is 10.6 Å². The average Bonchev–Trinajstić information content (AvgIpc) is 3.05. The van der Waals surface area contributed by atoms with E-state index in [0.29, 0.717) is 12.5 Å². The number of carbonyl (C=O) groups is 2. The summed E-state index contributed by atoms with van der Waals surface area (Å²) in [6.07, 6.45) is 7.42. The Morgan fingerprint density at radius 3 is 2.55 bits per heavy atom. The number of rotatable bonds is 4. The zero-order valence-corrected chi connectivity index (χ0v) is 20.0. The minimum absolute atomic E-state index is 0. The van der Waals surface area contributed by atoms with Crippen molar-refractivity contribution >= 4 is 35.7 Å². The Kier molecular flexibility index (Phi) is 8.98. The molecule has 1 saturated carbocycles. The first-order chi connectivity index (χ1) is 14.6. The molecule has 0 atom stereocenters. The summed E-state index contributed by atoms with van der Waals surface area (Å²) in [6, 6.07) is 0.221. The predicted octanol–water partition coefficient (Wildman–Crippen LogP) is 3.26. The second-order valence-corrected chi connectivity index (χ2v) is 9.80. The Morgan fingerprint density at radius 1 is 1.13 bits per heavy atom. The summed E-state index contributed by atoms with van der Waals surface area (Å²) in [6.45, 7) is 5.94. The number of amides is 2. The number of hydrogen-bond acceptors (Lipinski definition) is 6. The molecule has 174 valence electrons. The third-order valence-electron chi connectivity index (χ3n) is 6.67. The molecule has 2 N–H and O–H groups in total. The first-order valence-corrected chi connectivity index (χ1v) is 12.4. The molecule has 2 fully saturated rings. The van der Waals surface area contributed by atoms with E-state index in [4.69, 9.17) is 9.72 Å². The maximum atomic E-state index is 12.7. The number of halogens is 1. The van der Waals surface area contributed by atoms with Crippen molar-refractivity contribution in [3.8, 4) is 0 Å². The van der Waals surface area contributed by atoms with Crippen molar-refractivity contribution < 1.29 is 14.3 Å². The fourth-order valence-electron chi connectivity index (χ4n) is 4.83. The largest absolute Gasteiger partial charge is 0.466 e. The normalized spacial score (nSPS) is 24.5. The van der Waals surface area contributed by atoms with E-state index in [1.54, 1.807) is 0 Å². The van der Waals surface area contributed by atoms with Gasteiger partial charge in [-0.05, 0) is 51.9 Å². The molecule has 0 radical (unpaired) electrons. The van der Waals surface area contributed by atoms with Crippen LogP contribution in [0.3, 0.4) is 0 Å². The highest BCUT2D eigenvalue weighted by atomic mass is 35.5. The molecule has 0 bridgehead atoms. The lowest BCUT2D eigenvalue weighted by Gasteiger charge is -2.34. The molecule has 0 spiro atoms. The molecular formula is C22H35ClN4O3S. The predicted molar refractivity (Wildman–Crippen MR) is 124 cm³/mol. The Labute approximate surface area is 195 Å². The number of esters is 1. The van der Waals surface area contributed by atoms with Crippen LogP contribution in [-0.4, -0.2) is 60.7 Å². The van der Waals surface area contributed by atoms with Gasteiger partial charge in [0.1, 0.15) is 0 Å². The van der Waals surface area contributed by atoms with Gasteiger partial charge in [-0.25, -0.2) is 9.78 Å². The summed E-state index contributed by atoms with van der Waals surface area (Å²) >= 11 is 1.89. The quantitative estimate of drug-likeness (QED) is 0.660. The van der Waals surface area contributed by atoms with Gasteiger partial charge < -0.3 is 20.3 Å². The minimum Gasteiger partial charge on any atom is -0.466 e. The van der Waals surface area contributed by atoms with Crippen LogP contribution in [0.25, 0.3) is 0 Å². The number of nitrogens with one attached hydrogen (secondary N) is 2. The van der Waals surface area contributed by atoms with Gasteiger partial charge in [0.05, 0.1) is 23.2 Å². The molecule has 2 amide bonds. The summed E-state index contributed by atoms with van der Waals surface area (Å²) in [5.74, 6) is 0.400. The van der Waals surface area contributed by atoms with Gasteiger partial charge >= 0.3 is 12.0 Å². The number of urea groups is 1. The summed E-state index contributed by atoms with van der Waals surface area (Å²) in [5.41, 5.74) is 1.29. The molecule has 9 heteroatoms. The molecule has 0 aromatic carbocycles. The van der Waals surface area contributed by atoms with Gasteiger partial charge in [-0.2, -0.15) is 0 Å². The maximum absolute atomic E-state index is 12.7. The van der Waals surface area contributed by atoms with Crippen molar-refractivity contribution in [2.24, 2.45) is 5.92 Å². The standard InChI is InChI=1S/C22H34N4O3S.ClH/c1-2-29-21(27)16-3-5-17(6-4-16)24-22(28)26-13-9-15(10-14-26)20-25-18-7-11-23-12-8-19(18)30-20;/h15-17,23H,2-14H2,1H3,(H,24,28);1H/t16-,17-;. The van der Waals surface area contributed by atoms with Crippen LogP contribution in [0.15, 0.2) is 0 Å². The van der Waals surface area contributed by atoms with Gasteiger partial charge in [0.25, 0.3) is 0 Å². The number of fused-ring (bicyclic) bond motifs is 1. The van der Waals surface area contributed by atoms with E-state index in [0.717, 1.165) is 77.5 Å². The van der Waals surface area contributed by atoms with Crippen LogP contribution in [0, 0.1) is 5.92 Å². The lowest BCUT2D eigenvalue weighted by Crippen LogP contribution is -2.48. The van der Waals surface area contributed by atoms with Gasteiger partial charge in [0.15, 0.2) is 0 Å². The van der Waals surface area contributed by atoms with Crippen LogP contribution in [-0.2, 0) is 22.4 Å². The van der Waals surface area contributed by atoms with Crippen molar-refractivity contribution in [2.75, 3.05) is 32.8 Å². The van der Waals surface area contributed by atoms with Crippen molar-refractivity contribution in [3.63, 3.8) is 0 Å². The van der Waals surface area contributed by atoms with E-state index in [-0.39, 0.29) is 36.4 Å². The molecule has 1 aliphatic carbocycles. The molecule has 7 nitrogen and oxygen atoms in total. The van der Waals surface area contributed by atoms with E-state index in [1.807, 2.05) is 23.2 Å². The van der Waals surface area contributed by atoms with Crippen LogP contribution in [0.1, 0.15) is 66.9 Å². The minimum atomic E-state index is -0.0832. The molecule has 3 aliphatic rings. The van der Waals surface area contributed by atoms with Gasteiger partial charge in [0, 0.05) is 49.4 Å². The van der Waals surface area contributed by atoms with Crippen LogP contribution in [0.4, 0.5) is 4.79 Å². The average molecular weight is 471 g/mol. The molecule has 1 aromatic heterocycles. The highest BCUT2D eigenvalue weighted by Crippen LogP contribution is 2.33. The molecule has 31 heavy (non-hydrogen) atoms. The van der Waals surface area contributed by atoms with Crippen LogP contribution >= 0.6 is 23.7 Å². The molecule has 2 aliphatic heterocycles. The fourth-order valence-corrected chi connectivity index (χ4v) is 6.11. The molecule has 1 saturated heterocycles. The van der Waals surface area contributed by atoms with E-state index >= 15 is 0 Å². The van der Waals surface area contributed by atoms with Crippen molar-refractivity contribution in [2.45, 2.75) is 70.3 Å². The monoisotopic (exact) mass is 470 g/mol. The molecule has 4 rings (SSSR count). The Hall–Kier alpha value is -1.38. The number of ether oxygens (including phenoxy) is 1. The number of nitrogens with zero attached hydrogens (tertiary/aromatic N) is 2. The van der Waals surface area contributed by atoms with Crippen LogP contribution in [0.2, 0.25) is 0 Å². The SMILES string of the molecule is CCOC(=O)[C@H]1CC[C@H](NC(=O)N2CCC(c3nc4c(s3)CCNCC4)CC2)CC1.Cl. The summed E-state index contributed by atoms with van der Waals surface area (Å²) in [5, 5.41) is 7.91. The van der Waals surface area contributed by atoms with Crippen molar-refractivity contribution in [1.29, 1.82) is 0 Å². The number of likely N-dealkylation sites (tertiary alicyclic amines) is 1. The first-order valence-electron chi connectivity index (χ1n) is 11.5. The highest BCUT2D eigenvalue weighted by Gasteiger charge is 2.31. The lowest BCUT2D eigenvalue weighted by atomic mass is 9.86. The third kappa shape index (κ3) is 6.11. The van der Waals surface area contributed by atoms with Gasteiger partial charge in [0.2, 0.25) is 0 Å². The van der Waals surface area contributed by atoms with Gasteiger partial charge in [-0.1, -0.05) is 0 Å². The van der Waals surface area contributed by atoms with Gasteiger partial charge in [-0.15, -0.1) is 23.7 Å². The summed E-state index contributed by atoms with van der Waals surface area (Å²) < 4.78 is 5.13.